The molecule has 2 unspecified atom stereocenters. The molecule has 4 rings (SSSR count). The number of fused-ring (bicyclic) bond motifs is 5. The first-order chi connectivity index (χ1) is 11.6. The van der Waals surface area contributed by atoms with E-state index in [4.69, 9.17) is 11.6 Å². The molecule has 0 saturated heterocycles. The third-order valence-corrected chi connectivity index (χ3v) is 8.16. The molecule has 7 atom stereocenters. The molecule has 0 radical (unpaired) electrons. The van der Waals surface area contributed by atoms with Crippen molar-refractivity contribution in [2.24, 2.45) is 34.5 Å². The molecule has 25 heavy (non-hydrogen) atoms. The molecular formula is C21H24ClFO2. The van der Waals surface area contributed by atoms with E-state index in [0.717, 1.165) is 17.6 Å². The van der Waals surface area contributed by atoms with E-state index in [-0.39, 0.29) is 40.7 Å². The van der Waals surface area contributed by atoms with E-state index in [9.17, 15) is 14.0 Å². The van der Waals surface area contributed by atoms with E-state index < -0.39 is 11.6 Å². The summed E-state index contributed by atoms with van der Waals surface area (Å²) >= 11 is 6.43. The highest BCUT2D eigenvalue weighted by atomic mass is 35.5. The summed E-state index contributed by atoms with van der Waals surface area (Å²) < 4.78 is 14.3. The number of carbonyl (C=O) groups excluding carboxylic acids is 2. The predicted molar refractivity (Wildman–Crippen MR) is 95.8 cm³/mol. The van der Waals surface area contributed by atoms with Gasteiger partial charge >= 0.3 is 0 Å². The number of Topliss-reactive ketones (excluding diaryl/α,β-unsaturated/α-hetero) is 1. The molecule has 0 bridgehead atoms. The normalized spacial score (nSPS) is 49.2. The zero-order valence-corrected chi connectivity index (χ0v) is 15.7. The molecule has 0 heterocycles. The van der Waals surface area contributed by atoms with Crippen LogP contribution < -0.4 is 0 Å². The van der Waals surface area contributed by atoms with Crippen molar-refractivity contribution in [3.8, 4) is 0 Å². The molecule has 0 aliphatic heterocycles. The average molecular weight is 363 g/mol. The molecule has 0 spiro atoms. The van der Waals surface area contributed by atoms with E-state index in [0.29, 0.717) is 17.9 Å². The van der Waals surface area contributed by atoms with Gasteiger partial charge < -0.3 is 0 Å². The van der Waals surface area contributed by atoms with Crippen LogP contribution in [0.25, 0.3) is 0 Å². The van der Waals surface area contributed by atoms with E-state index >= 15 is 0 Å². The van der Waals surface area contributed by atoms with Crippen LogP contribution in [0.3, 0.4) is 0 Å². The maximum absolute atomic E-state index is 14.3. The van der Waals surface area contributed by atoms with Gasteiger partial charge in [0.1, 0.15) is 0 Å². The molecule has 4 heteroatoms. The van der Waals surface area contributed by atoms with Gasteiger partial charge in [0, 0.05) is 16.7 Å². The van der Waals surface area contributed by atoms with Gasteiger partial charge in [-0.3, -0.25) is 9.59 Å². The summed E-state index contributed by atoms with van der Waals surface area (Å²) in [5, 5.41) is 0.316. The lowest BCUT2D eigenvalue weighted by Gasteiger charge is -2.58. The Labute approximate surface area is 153 Å². The Morgan fingerprint density at radius 3 is 2.64 bits per heavy atom. The van der Waals surface area contributed by atoms with E-state index in [2.05, 4.69) is 13.5 Å². The number of rotatable bonds is 0. The van der Waals surface area contributed by atoms with Gasteiger partial charge in [0.25, 0.3) is 0 Å². The minimum atomic E-state index is -1.35. The summed E-state index contributed by atoms with van der Waals surface area (Å²) in [6.45, 7) is 10.5. The van der Waals surface area contributed by atoms with Crippen LogP contribution in [0, 0.1) is 34.5 Å². The molecule has 0 aromatic carbocycles. The molecule has 3 fully saturated rings. The van der Waals surface area contributed by atoms with E-state index in [1.54, 1.807) is 6.08 Å². The van der Waals surface area contributed by atoms with Crippen molar-refractivity contribution in [2.45, 2.75) is 46.2 Å². The van der Waals surface area contributed by atoms with Crippen LogP contribution in [0.15, 0.2) is 34.9 Å². The Morgan fingerprint density at radius 1 is 1.28 bits per heavy atom. The van der Waals surface area contributed by atoms with Crippen molar-refractivity contribution >= 4 is 23.2 Å². The quantitative estimate of drug-likeness (QED) is 0.580. The number of hydrogen-bond donors (Lipinski definition) is 0. The minimum absolute atomic E-state index is 0.00752. The third kappa shape index (κ3) is 1.96. The maximum atomic E-state index is 14.3. The summed E-state index contributed by atoms with van der Waals surface area (Å²) in [4.78, 5) is 24.6. The zero-order chi connectivity index (χ0) is 18.3. The molecule has 4 aliphatic rings. The van der Waals surface area contributed by atoms with Crippen LogP contribution in [-0.4, -0.2) is 17.7 Å². The van der Waals surface area contributed by atoms with Gasteiger partial charge in [0.05, 0.1) is 5.03 Å². The molecule has 0 aromatic rings. The standard InChI is InChI=1S/C21H24ClFO2/c1-10-11(2)17-18(22)15(24)6-8-20(17,3)12-5-7-21(4)13(16(10)12)9-14(23)19(21)25/h6,8,11-14,16H,1,5,7,9H2,2-4H3/t11?,12-,13-,14?,16+,20+,21-/m0/s1. The lowest BCUT2D eigenvalue weighted by molar-refractivity contribution is -0.133. The van der Waals surface area contributed by atoms with Gasteiger partial charge in [0.2, 0.25) is 0 Å². The van der Waals surface area contributed by atoms with Gasteiger partial charge in [-0.2, -0.15) is 0 Å². The van der Waals surface area contributed by atoms with Crippen molar-refractivity contribution in [1.82, 2.24) is 0 Å². The first-order valence-corrected chi connectivity index (χ1v) is 9.51. The topological polar surface area (TPSA) is 34.1 Å². The van der Waals surface area contributed by atoms with Gasteiger partial charge in [0.15, 0.2) is 17.7 Å². The Hall–Kier alpha value is -1.22. The van der Waals surface area contributed by atoms with E-state index in [1.807, 2.05) is 19.9 Å². The summed E-state index contributed by atoms with van der Waals surface area (Å²) in [6.07, 6.45) is 4.03. The highest BCUT2D eigenvalue weighted by molar-refractivity contribution is 6.45. The van der Waals surface area contributed by atoms with Gasteiger partial charge in [-0.05, 0) is 48.7 Å². The van der Waals surface area contributed by atoms with Crippen LogP contribution in [-0.2, 0) is 9.59 Å². The summed E-state index contributed by atoms with van der Waals surface area (Å²) in [5.74, 6) is -0.117. The minimum Gasteiger partial charge on any atom is -0.296 e. The van der Waals surface area contributed by atoms with Crippen molar-refractivity contribution in [3.63, 3.8) is 0 Å². The molecular weight excluding hydrogens is 339 g/mol. The monoisotopic (exact) mass is 362 g/mol. The number of alkyl halides is 1. The van der Waals surface area contributed by atoms with Gasteiger partial charge in [-0.1, -0.05) is 50.6 Å². The Kier molecular flexibility index (Phi) is 3.55. The highest BCUT2D eigenvalue weighted by Gasteiger charge is 2.63. The number of halogens is 2. The van der Waals surface area contributed by atoms with Crippen LogP contribution in [0.5, 0.6) is 0 Å². The highest BCUT2D eigenvalue weighted by Crippen LogP contribution is 2.66. The molecule has 2 nitrogen and oxygen atoms in total. The molecule has 0 aromatic heterocycles. The van der Waals surface area contributed by atoms with Crippen molar-refractivity contribution in [2.75, 3.05) is 0 Å². The van der Waals surface area contributed by atoms with Gasteiger partial charge in [-0.15, -0.1) is 0 Å². The fourth-order valence-corrected chi connectivity index (χ4v) is 6.75. The maximum Gasteiger partial charge on any atom is 0.196 e. The molecule has 0 N–H and O–H groups in total. The number of carbonyl (C=O) groups is 2. The average Bonchev–Trinajstić information content (AvgIpc) is 2.80. The molecule has 0 amide bonds. The lowest BCUT2D eigenvalue weighted by Crippen LogP contribution is -2.52. The smallest absolute Gasteiger partial charge is 0.196 e. The largest absolute Gasteiger partial charge is 0.296 e. The summed E-state index contributed by atoms with van der Waals surface area (Å²) in [7, 11) is 0. The van der Waals surface area contributed by atoms with Crippen LogP contribution in [0.1, 0.15) is 40.0 Å². The van der Waals surface area contributed by atoms with Crippen molar-refractivity contribution in [3.05, 3.63) is 34.9 Å². The van der Waals surface area contributed by atoms with Crippen LogP contribution in [0.2, 0.25) is 0 Å². The molecule has 4 aliphatic carbocycles. The van der Waals surface area contributed by atoms with Crippen LogP contribution >= 0.6 is 11.6 Å². The molecule has 134 valence electrons. The third-order valence-electron chi connectivity index (χ3n) is 7.77. The SMILES string of the molecule is C=C1C(C)C2=C(Cl)C(=O)C=C[C@]2(C)[C@H]2CC[C@]3(C)C(=O)C(F)C[C@H]3[C@H]12. The Balaban J connectivity index is 1.86. The number of ketones is 2. The Bertz CT molecular complexity index is 766. The first-order valence-electron chi connectivity index (χ1n) is 9.13. The predicted octanol–water partition coefficient (Wildman–Crippen LogP) is 4.79. The Morgan fingerprint density at radius 2 is 1.96 bits per heavy atom. The molecule has 3 saturated carbocycles. The number of hydrogen-bond acceptors (Lipinski definition) is 2. The second kappa shape index (κ2) is 5.16. The summed E-state index contributed by atoms with van der Waals surface area (Å²) in [6, 6.07) is 0. The fourth-order valence-electron chi connectivity index (χ4n) is 6.32. The first kappa shape index (κ1) is 17.2. The fraction of sp³-hybridized carbons (Fsp3) is 0.619. The number of allylic oxidation sites excluding steroid dienone is 5. The second-order valence-electron chi connectivity index (χ2n) is 8.77. The zero-order valence-electron chi connectivity index (χ0n) is 14.9. The van der Waals surface area contributed by atoms with E-state index in [1.165, 1.54) is 0 Å². The van der Waals surface area contributed by atoms with Crippen LogP contribution in [0.4, 0.5) is 4.39 Å². The van der Waals surface area contributed by atoms with Crippen molar-refractivity contribution in [1.29, 1.82) is 0 Å². The summed E-state index contributed by atoms with van der Waals surface area (Å²) in [5.41, 5.74) is 1.06. The van der Waals surface area contributed by atoms with Crippen molar-refractivity contribution < 1.29 is 14.0 Å². The van der Waals surface area contributed by atoms with Gasteiger partial charge in [-0.25, -0.2) is 4.39 Å². The lowest BCUT2D eigenvalue weighted by atomic mass is 9.45. The second-order valence-corrected chi connectivity index (χ2v) is 9.14.